The van der Waals surface area contributed by atoms with Crippen molar-refractivity contribution in [1.82, 2.24) is 5.32 Å². The molecule has 0 spiro atoms. The summed E-state index contributed by atoms with van der Waals surface area (Å²) in [5, 5.41) is 21.7. The van der Waals surface area contributed by atoms with E-state index in [2.05, 4.69) is 79.9 Å². The summed E-state index contributed by atoms with van der Waals surface area (Å²) in [7, 11) is -4.77. The number of nitrogens with one attached hydrogen (secondary N) is 1. The number of carboxylic acids is 1. The van der Waals surface area contributed by atoms with E-state index in [0.29, 0.717) is 12.8 Å². The minimum atomic E-state index is -4.77. The number of hydrogen-bond acceptors (Lipinski definition) is 8. The van der Waals surface area contributed by atoms with Crippen molar-refractivity contribution in [2.24, 2.45) is 0 Å². The topological polar surface area (TPSA) is 169 Å². The minimum absolute atomic E-state index is 0.0146. The Bertz CT molecular complexity index is 1250. The average Bonchev–Trinajstić information content (AvgIpc) is 3.16. The fourth-order valence-electron chi connectivity index (χ4n) is 4.87. The third-order valence-electron chi connectivity index (χ3n) is 7.98. The van der Waals surface area contributed by atoms with Crippen LogP contribution in [0.5, 0.6) is 0 Å². The molecule has 0 saturated heterocycles. The van der Waals surface area contributed by atoms with Gasteiger partial charge in [0.05, 0.1) is 19.6 Å². The van der Waals surface area contributed by atoms with Gasteiger partial charge in [0, 0.05) is 6.42 Å². The molecule has 11 nitrogen and oxygen atoms in total. The molecule has 3 atom stereocenters. The van der Waals surface area contributed by atoms with Crippen LogP contribution in [0, 0.1) is 0 Å². The molecular weight excluding hydrogens is 721 g/mol. The number of hydrogen-bond donors (Lipinski definition) is 4. The molecule has 0 fully saturated rings. The van der Waals surface area contributed by atoms with Crippen molar-refractivity contribution in [3.8, 4) is 0 Å². The van der Waals surface area contributed by atoms with Gasteiger partial charge in [-0.25, -0.2) is 9.36 Å². The predicted octanol–water partition coefficient (Wildman–Crippen LogP) is 9.94. The van der Waals surface area contributed by atoms with Gasteiger partial charge in [0.25, 0.3) is 0 Å². The zero-order valence-electron chi connectivity index (χ0n) is 33.4. The quantitative estimate of drug-likeness (QED) is 0.0207. The van der Waals surface area contributed by atoms with E-state index in [4.69, 9.17) is 13.8 Å². The number of rotatable bonds is 36. The van der Waals surface area contributed by atoms with Crippen LogP contribution in [-0.2, 0) is 32.7 Å². The summed E-state index contributed by atoms with van der Waals surface area (Å²) in [6.07, 6.45) is 45.1. The summed E-state index contributed by atoms with van der Waals surface area (Å²) in [5.74, 6) is -2.53. The largest absolute Gasteiger partial charge is 0.480 e. The first-order chi connectivity index (χ1) is 26.6. The number of allylic oxidation sites excluding steroid dienone is 13. The number of phosphoric acid groups is 1. The maximum absolute atomic E-state index is 12.2. The van der Waals surface area contributed by atoms with Crippen molar-refractivity contribution in [3.63, 3.8) is 0 Å². The minimum Gasteiger partial charge on any atom is -0.480 e. The van der Waals surface area contributed by atoms with Crippen LogP contribution in [0.3, 0.4) is 0 Å². The van der Waals surface area contributed by atoms with Gasteiger partial charge >= 0.3 is 19.8 Å². The number of carbonyl (C=O) groups is 3. The highest BCUT2D eigenvalue weighted by atomic mass is 31.2. The highest BCUT2D eigenvalue weighted by Crippen LogP contribution is 2.43. The molecular formula is C43H70NO10P. The summed E-state index contributed by atoms with van der Waals surface area (Å²) < 4.78 is 26.6. The van der Waals surface area contributed by atoms with Gasteiger partial charge in [-0.1, -0.05) is 157 Å². The van der Waals surface area contributed by atoms with Crippen molar-refractivity contribution >= 4 is 25.7 Å². The first kappa shape index (κ1) is 51.7. The maximum atomic E-state index is 12.2. The molecule has 0 aromatic rings. The van der Waals surface area contributed by atoms with E-state index in [-0.39, 0.29) is 12.8 Å². The molecule has 0 aliphatic carbocycles. The van der Waals surface area contributed by atoms with Gasteiger partial charge < -0.3 is 25.2 Å². The van der Waals surface area contributed by atoms with Crippen LogP contribution in [0.1, 0.15) is 136 Å². The Kier molecular flexibility index (Phi) is 35.3. The van der Waals surface area contributed by atoms with Gasteiger partial charge in [-0.3, -0.25) is 18.6 Å². The van der Waals surface area contributed by atoms with E-state index in [1.54, 1.807) is 6.08 Å². The van der Waals surface area contributed by atoms with E-state index >= 15 is 0 Å². The molecule has 3 unspecified atom stereocenters. The predicted molar refractivity (Wildman–Crippen MR) is 221 cm³/mol. The monoisotopic (exact) mass is 791 g/mol. The normalized spacial score (nSPS) is 14.7. The first-order valence-corrected chi connectivity index (χ1v) is 21.6. The molecule has 0 radical (unpaired) electrons. The van der Waals surface area contributed by atoms with Crippen LogP contribution in [0.4, 0.5) is 0 Å². The van der Waals surface area contributed by atoms with Crippen LogP contribution in [0.25, 0.3) is 0 Å². The van der Waals surface area contributed by atoms with Gasteiger partial charge in [-0.05, 0) is 51.4 Å². The molecule has 0 saturated carbocycles. The number of aliphatic hydroxyl groups excluding tert-OH is 1. The Morgan fingerprint density at radius 3 is 1.47 bits per heavy atom. The molecule has 4 N–H and O–H groups in total. The van der Waals surface area contributed by atoms with Gasteiger partial charge in [0.15, 0.2) is 6.04 Å². The molecule has 0 rings (SSSR count). The number of amides is 1. The Hall–Kier alpha value is -3.34. The third kappa shape index (κ3) is 37.4. The number of ether oxygens (including phenoxy) is 1. The molecule has 1 amide bonds. The molecule has 0 aliphatic rings. The summed E-state index contributed by atoms with van der Waals surface area (Å²) in [6, 6.07) is -1.56. The van der Waals surface area contributed by atoms with Crippen molar-refractivity contribution in [2.45, 2.75) is 148 Å². The van der Waals surface area contributed by atoms with Crippen molar-refractivity contribution < 1.29 is 47.8 Å². The summed E-state index contributed by atoms with van der Waals surface area (Å²) in [5.41, 5.74) is 0. The zero-order chi connectivity index (χ0) is 40.7. The number of carbonyl (C=O) groups excluding carboxylic acids is 2. The highest BCUT2D eigenvalue weighted by molar-refractivity contribution is 7.47. The number of phosphoric ester groups is 1. The van der Waals surface area contributed by atoms with Crippen molar-refractivity contribution in [2.75, 3.05) is 19.8 Å². The van der Waals surface area contributed by atoms with Crippen LogP contribution < -0.4 is 5.32 Å². The Morgan fingerprint density at radius 2 is 1.02 bits per heavy atom. The lowest BCUT2D eigenvalue weighted by molar-refractivity contribution is -0.146. The van der Waals surface area contributed by atoms with E-state index in [9.17, 15) is 34.1 Å². The molecule has 0 aliphatic heterocycles. The summed E-state index contributed by atoms with van der Waals surface area (Å²) in [4.78, 5) is 45.6. The molecule has 12 heteroatoms. The van der Waals surface area contributed by atoms with Gasteiger partial charge in [0.1, 0.15) is 12.7 Å². The second kappa shape index (κ2) is 37.6. The third-order valence-corrected chi connectivity index (χ3v) is 8.93. The number of unbranched alkanes of at least 4 members (excludes halogenated alkanes) is 9. The van der Waals surface area contributed by atoms with E-state index < -0.39 is 57.6 Å². The molecule has 55 heavy (non-hydrogen) atoms. The lowest BCUT2D eigenvalue weighted by atomic mass is 10.1. The Balaban J connectivity index is 4.06. The first-order valence-electron chi connectivity index (χ1n) is 20.1. The van der Waals surface area contributed by atoms with Crippen LogP contribution in [-0.4, -0.2) is 64.9 Å². The molecule has 312 valence electrons. The smallest absolute Gasteiger partial charge is 0.472 e. The van der Waals surface area contributed by atoms with Crippen molar-refractivity contribution in [1.29, 1.82) is 0 Å². The van der Waals surface area contributed by atoms with E-state index in [1.807, 2.05) is 18.2 Å². The second-order valence-corrected chi connectivity index (χ2v) is 14.6. The fourth-order valence-corrected chi connectivity index (χ4v) is 5.64. The summed E-state index contributed by atoms with van der Waals surface area (Å²) >= 11 is 0. The SMILES string of the molecule is CC/C=C\C/C=C\C/C=C\C/C=C\C/C=C\C/C=C\C/C=C\CC(=O)OCC(O)COP(=O)(O)OCC(NC(=O)CCCCCCCCCCCC)C(=O)O. The molecule has 0 bridgehead atoms. The van der Waals surface area contributed by atoms with E-state index in [1.165, 1.54) is 38.5 Å². The van der Waals surface area contributed by atoms with E-state index in [0.717, 1.165) is 57.8 Å². The number of esters is 1. The van der Waals surface area contributed by atoms with Gasteiger partial charge in [0.2, 0.25) is 5.91 Å². The lowest BCUT2D eigenvalue weighted by Gasteiger charge is -2.18. The Morgan fingerprint density at radius 1 is 0.600 bits per heavy atom. The van der Waals surface area contributed by atoms with Gasteiger partial charge in [-0.2, -0.15) is 0 Å². The fraction of sp³-hybridized carbons (Fsp3) is 0.605. The van der Waals surface area contributed by atoms with Crippen LogP contribution in [0.15, 0.2) is 85.1 Å². The zero-order valence-corrected chi connectivity index (χ0v) is 34.3. The van der Waals surface area contributed by atoms with Crippen molar-refractivity contribution in [3.05, 3.63) is 85.1 Å². The summed E-state index contributed by atoms with van der Waals surface area (Å²) in [6.45, 7) is 2.32. The average molecular weight is 792 g/mol. The highest BCUT2D eigenvalue weighted by Gasteiger charge is 2.28. The molecule has 0 heterocycles. The molecule has 0 aromatic heterocycles. The van der Waals surface area contributed by atoms with Gasteiger partial charge in [-0.15, -0.1) is 0 Å². The van der Waals surface area contributed by atoms with Crippen LogP contribution >= 0.6 is 7.82 Å². The van der Waals surface area contributed by atoms with Crippen LogP contribution in [0.2, 0.25) is 0 Å². The standard InChI is InChI=1S/C43H70NO10P/c1-3-5-7-9-11-13-15-16-17-18-19-20-21-22-23-24-25-27-29-31-33-35-42(47)52-36-39(45)37-53-55(50,51)54-38-40(43(48)49)44-41(46)34-32-30-28-26-14-12-10-8-6-4-2/h5,7,11,13,16-17,19-20,22-23,25,27,31,33,39-40,45H,3-4,6,8-10,12,14-15,18,21,24,26,28-30,32,34-38H2,1-2H3,(H,44,46)(H,48,49)(H,50,51)/b7-5-,13-11-,17-16-,20-19-,23-22-,27-25-,33-31-. The maximum Gasteiger partial charge on any atom is 0.472 e. The number of aliphatic carboxylic acids is 1. The number of carboxylic acid groups (broad SMARTS) is 1. The second-order valence-electron chi connectivity index (χ2n) is 13.1. The molecule has 0 aromatic carbocycles. The Labute approximate surface area is 331 Å². The number of aliphatic hydroxyl groups is 1. The lowest BCUT2D eigenvalue weighted by Crippen LogP contribution is -2.43.